The van der Waals surface area contributed by atoms with E-state index in [4.69, 9.17) is 23.2 Å². The number of halogens is 2. The fourth-order valence-corrected chi connectivity index (χ4v) is 3.62. The number of benzene rings is 2. The summed E-state index contributed by atoms with van der Waals surface area (Å²) in [5, 5.41) is 13.5. The number of para-hydroxylation sites is 1. The molecule has 0 aliphatic heterocycles. The first kappa shape index (κ1) is 20.1. The number of anilines is 1. The number of nitro groups is 1. The first-order valence-corrected chi connectivity index (χ1v) is 9.27. The molecule has 138 valence electrons. The third-order valence-electron chi connectivity index (χ3n) is 3.35. The van der Waals surface area contributed by atoms with Gasteiger partial charge in [0.05, 0.1) is 32.1 Å². The quantitative estimate of drug-likeness (QED) is 0.573. The fourth-order valence-electron chi connectivity index (χ4n) is 2.00. The minimum atomic E-state index is -4.01. The molecule has 1 amide bonds. The highest BCUT2D eigenvalue weighted by Crippen LogP contribution is 2.29. The highest BCUT2D eigenvalue weighted by atomic mass is 35.5. The molecule has 1 N–H and O–H groups in total. The summed E-state index contributed by atoms with van der Waals surface area (Å²) in [6.07, 6.45) is 0. The van der Waals surface area contributed by atoms with Gasteiger partial charge in [-0.2, -0.15) is 4.31 Å². The number of carbonyl (C=O) groups excluding carboxylic acids is 1. The van der Waals surface area contributed by atoms with Gasteiger partial charge in [-0.25, -0.2) is 8.42 Å². The number of nitrogens with zero attached hydrogens (tertiary/aromatic N) is 2. The summed E-state index contributed by atoms with van der Waals surface area (Å²) in [6, 6.07) is 9.01. The fraction of sp³-hybridized carbons (Fsp3) is 0.133. The molecule has 2 aromatic rings. The van der Waals surface area contributed by atoms with Gasteiger partial charge in [0.25, 0.3) is 5.69 Å². The van der Waals surface area contributed by atoms with Crippen LogP contribution in [0, 0.1) is 10.1 Å². The van der Waals surface area contributed by atoms with Crippen LogP contribution in [0.1, 0.15) is 0 Å². The first-order valence-electron chi connectivity index (χ1n) is 7.07. The molecule has 0 unspecified atom stereocenters. The predicted molar refractivity (Wildman–Crippen MR) is 98.0 cm³/mol. The number of likely N-dealkylation sites (N-methyl/N-ethyl adjacent to an activating group) is 1. The molecule has 2 aromatic carbocycles. The maximum absolute atomic E-state index is 12.5. The van der Waals surface area contributed by atoms with Gasteiger partial charge >= 0.3 is 0 Å². The van der Waals surface area contributed by atoms with Crippen LogP contribution in [0.2, 0.25) is 10.0 Å². The maximum atomic E-state index is 12.5. The number of sulfonamides is 1. The minimum absolute atomic E-state index is 0.172. The van der Waals surface area contributed by atoms with E-state index in [2.05, 4.69) is 5.32 Å². The molecule has 11 heteroatoms. The Kier molecular flexibility index (Phi) is 6.19. The van der Waals surface area contributed by atoms with Gasteiger partial charge in [0.1, 0.15) is 0 Å². The van der Waals surface area contributed by atoms with Gasteiger partial charge in [-0.1, -0.05) is 29.3 Å². The van der Waals surface area contributed by atoms with Crippen molar-refractivity contribution in [3.05, 3.63) is 62.6 Å². The zero-order valence-electron chi connectivity index (χ0n) is 13.3. The van der Waals surface area contributed by atoms with E-state index in [1.165, 1.54) is 19.2 Å². The summed E-state index contributed by atoms with van der Waals surface area (Å²) in [4.78, 5) is 22.0. The third kappa shape index (κ3) is 4.50. The Morgan fingerprint density at radius 3 is 2.19 bits per heavy atom. The van der Waals surface area contributed by atoms with Crippen LogP contribution < -0.4 is 5.32 Å². The third-order valence-corrected chi connectivity index (χ3v) is 5.80. The molecule has 0 saturated carbocycles. The van der Waals surface area contributed by atoms with E-state index < -0.39 is 27.4 Å². The van der Waals surface area contributed by atoms with Gasteiger partial charge in [0.2, 0.25) is 15.9 Å². The number of amides is 1. The lowest BCUT2D eigenvalue weighted by atomic mass is 10.3. The SMILES string of the molecule is CN(CC(=O)Nc1c(Cl)cccc1Cl)S(=O)(=O)c1ccc([N+](=O)[O-])cc1. The Hall–Kier alpha value is -2.20. The van der Waals surface area contributed by atoms with Crippen molar-refractivity contribution >= 4 is 50.5 Å². The smallest absolute Gasteiger partial charge is 0.269 e. The van der Waals surface area contributed by atoms with E-state index in [0.717, 1.165) is 28.6 Å². The first-order chi connectivity index (χ1) is 12.1. The molecule has 0 aliphatic carbocycles. The molecule has 0 radical (unpaired) electrons. The van der Waals surface area contributed by atoms with E-state index in [9.17, 15) is 23.3 Å². The molecular weight excluding hydrogens is 405 g/mol. The highest BCUT2D eigenvalue weighted by molar-refractivity contribution is 7.89. The average Bonchev–Trinajstić information content (AvgIpc) is 2.58. The molecule has 0 heterocycles. The zero-order valence-corrected chi connectivity index (χ0v) is 15.7. The summed E-state index contributed by atoms with van der Waals surface area (Å²) < 4.78 is 25.7. The van der Waals surface area contributed by atoms with E-state index in [1.54, 1.807) is 6.07 Å². The Labute approximate surface area is 159 Å². The summed E-state index contributed by atoms with van der Waals surface area (Å²) in [5.41, 5.74) is -0.0559. The van der Waals surface area contributed by atoms with Crippen molar-refractivity contribution in [2.75, 3.05) is 18.9 Å². The number of carbonyl (C=O) groups is 1. The van der Waals surface area contributed by atoms with Crippen molar-refractivity contribution in [3.8, 4) is 0 Å². The van der Waals surface area contributed by atoms with Gasteiger partial charge < -0.3 is 5.32 Å². The molecule has 26 heavy (non-hydrogen) atoms. The van der Waals surface area contributed by atoms with Crippen LogP contribution in [0.25, 0.3) is 0 Å². The van der Waals surface area contributed by atoms with Crippen LogP contribution in [0.5, 0.6) is 0 Å². The Morgan fingerprint density at radius 2 is 1.69 bits per heavy atom. The van der Waals surface area contributed by atoms with Gasteiger partial charge in [0, 0.05) is 19.2 Å². The molecule has 0 saturated heterocycles. The number of nitrogens with one attached hydrogen (secondary N) is 1. The molecule has 0 aromatic heterocycles. The summed E-state index contributed by atoms with van der Waals surface area (Å²) in [5.74, 6) is -0.645. The second-order valence-corrected chi connectivity index (χ2v) is 8.02. The topological polar surface area (TPSA) is 110 Å². The van der Waals surface area contributed by atoms with Crippen molar-refractivity contribution in [2.45, 2.75) is 4.90 Å². The monoisotopic (exact) mass is 417 g/mol. The molecule has 2 rings (SSSR count). The van der Waals surface area contributed by atoms with Crippen molar-refractivity contribution in [1.82, 2.24) is 4.31 Å². The molecule has 0 spiro atoms. The number of hydrogen-bond donors (Lipinski definition) is 1. The lowest BCUT2D eigenvalue weighted by molar-refractivity contribution is -0.384. The molecule has 0 atom stereocenters. The van der Waals surface area contributed by atoms with Crippen LogP contribution in [0.15, 0.2) is 47.4 Å². The van der Waals surface area contributed by atoms with Gasteiger partial charge in [-0.05, 0) is 24.3 Å². The maximum Gasteiger partial charge on any atom is 0.269 e. The van der Waals surface area contributed by atoms with E-state index in [1.807, 2.05) is 0 Å². The zero-order chi connectivity index (χ0) is 19.5. The normalized spacial score (nSPS) is 11.4. The summed E-state index contributed by atoms with van der Waals surface area (Å²) in [6.45, 7) is -0.499. The summed E-state index contributed by atoms with van der Waals surface area (Å²) in [7, 11) is -2.79. The lowest BCUT2D eigenvalue weighted by Crippen LogP contribution is -2.35. The second-order valence-electron chi connectivity index (χ2n) is 5.16. The Balaban J connectivity index is 2.13. The van der Waals surface area contributed by atoms with Crippen molar-refractivity contribution in [1.29, 1.82) is 0 Å². The number of nitro benzene ring substituents is 1. The van der Waals surface area contributed by atoms with Crippen LogP contribution in [0.4, 0.5) is 11.4 Å². The van der Waals surface area contributed by atoms with Crippen LogP contribution in [0.3, 0.4) is 0 Å². The van der Waals surface area contributed by atoms with Crippen LogP contribution >= 0.6 is 23.2 Å². The lowest BCUT2D eigenvalue weighted by Gasteiger charge is -2.17. The molecule has 0 bridgehead atoms. The van der Waals surface area contributed by atoms with Crippen molar-refractivity contribution in [3.63, 3.8) is 0 Å². The van der Waals surface area contributed by atoms with E-state index >= 15 is 0 Å². The average molecular weight is 418 g/mol. The Morgan fingerprint density at radius 1 is 1.15 bits per heavy atom. The molecule has 0 fully saturated rings. The van der Waals surface area contributed by atoms with Gasteiger partial charge in [0.15, 0.2) is 0 Å². The van der Waals surface area contributed by atoms with Crippen LogP contribution in [-0.4, -0.2) is 37.1 Å². The number of hydrogen-bond acceptors (Lipinski definition) is 5. The molecule has 0 aliphatic rings. The highest BCUT2D eigenvalue weighted by Gasteiger charge is 2.24. The predicted octanol–water partition coefficient (Wildman–Crippen LogP) is 3.16. The number of rotatable bonds is 6. The van der Waals surface area contributed by atoms with Gasteiger partial charge in [-0.15, -0.1) is 0 Å². The van der Waals surface area contributed by atoms with E-state index in [-0.39, 0.29) is 26.3 Å². The summed E-state index contributed by atoms with van der Waals surface area (Å²) >= 11 is 11.9. The van der Waals surface area contributed by atoms with Crippen LogP contribution in [-0.2, 0) is 14.8 Å². The standard InChI is InChI=1S/C15H13Cl2N3O5S/c1-19(9-14(21)18-15-12(16)3-2-4-13(15)17)26(24,25)11-7-5-10(6-8-11)20(22)23/h2-8H,9H2,1H3,(H,18,21). The van der Waals surface area contributed by atoms with Crippen molar-refractivity contribution in [2.24, 2.45) is 0 Å². The van der Waals surface area contributed by atoms with Gasteiger partial charge in [-0.3, -0.25) is 14.9 Å². The van der Waals surface area contributed by atoms with Crippen molar-refractivity contribution < 1.29 is 18.1 Å². The minimum Gasteiger partial charge on any atom is -0.322 e. The molecule has 8 nitrogen and oxygen atoms in total. The molecular formula is C15H13Cl2N3O5S. The van der Waals surface area contributed by atoms with E-state index in [0.29, 0.717) is 0 Å². The Bertz CT molecular complexity index is 928. The second kappa shape index (κ2) is 8.00. The number of non-ortho nitro benzene ring substituents is 1. The largest absolute Gasteiger partial charge is 0.322 e.